The van der Waals surface area contributed by atoms with E-state index in [9.17, 15) is 9.59 Å². The van der Waals surface area contributed by atoms with Crippen LogP contribution in [0.1, 0.15) is 40.9 Å². The topological polar surface area (TPSA) is 73.2 Å². The fourth-order valence-electron chi connectivity index (χ4n) is 3.29. The van der Waals surface area contributed by atoms with Crippen LogP contribution in [0.5, 0.6) is 0 Å². The van der Waals surface area contributed by atoms with Crippen LogP contribution in [0.2, 0.25) is 0 Å². The number of anilines is 1. The number of carbonyl (C=O) groups is 2. The number of benzene rings is 3. The lowest BCUT2D eigenvalue weighted by Gasteiger charge is -2.24. The molecule has 0 bridgehead atoms. The van der Waals surface area contributed by atoms with Crippen molar-refractivity contribution in [3.63, 3.8) is 0 Å². The van der Waals surface area contributed by atoms with Crippen molar-refractivity contribution in [2.45, 2.75) is 26.8 Å². The smallest absolute Gasteiger partial charge is 0.258 e. The molecule has 162 valence electrons. The van der Waals surface area contributed by atoms with Gasteiger partial charge in [-0.25, -0.2) is 0 Å². The summed E-state index contributed by atoms with van der Waals surface area (Å²) in [5, 5.41) is 12.0. The minimum Gasteiger partial charge on any atom is -0.356 e. The van der Waals surface area contributed by atoms with E-state index in [1.165, 1.54) is 0 Å². The summed E-state index contributed by atoms with van der Waals surface area (Å²) < 4.78 is 0. The Morgan fingerprint density at radius 2 is 1.62 bits per heavy atom. The van der Waals surface area contributed by atoms with Gasteiger partial charge >= 0.3 is 0 Å². The third kappa shape index (κ3) is 6.29. The third-order valence-corrected chi connectivity index (χ3v) is 4.98. The molecule has 0 aliphatic rings. The van der Waals surface area contributed by atoms with Crippen molar-refractivity contribution in [1.29, 1.82) is 5.26 Å². The van der Waals surface area contributed by atoms with Gasteiger partial charge in [0.05, 0.1) is 24.6 Å². The van der Waals surface area contributed by atoms with E-state index < -0.39 is 0 Å². The first-order valence-corrected chi connectivity index (χ1v) is 10.7. The van der Waals surface area contributed by atoms with Crippen LogP contribution in [0.4, 0.5) is 5.69 Å². The van der Waals surface area contributed by atoms with Crippen LogP contribution in [0, 0.1) is 17.2 Å². The Morgan fingerprint density at radius 1 is 0.938 bits per heavy atom. The van der Waals surface area contributed by atoms with E-state index in [2.05, 4.69) is 25.2 Å². The van der Waals surface area contributed by atoms with Gasteiger partial charge in [0.1, 0.15) is 0 Å². The Kier molecular flexibility index (Phi) is 7.77. The van der Waals surface area contributed by atoms with Crippen LogP contribution >= 0.6 is 0 Å². The van der Waals surface area contributed by atoms with Crippen LogP contribution in [0.3, 0.4) is 0 Å². The van der Waals surface area contributed by atoms with Crippen molar-refractivity contribution < 1.29 is 9.59 Å². The second-order valence-corrected chi connectivity index (χ2v) is 8.11. The lowest BCUT2D eigenvalue weighted by molar-refractivity contribution is -0.120. The molecule has 0 radical (unpaired) electrons. The molecular formula is C27H27N3O2. The molecule has 0 aromatic heterocycles. The maximum absolute atomic E-state index is 13.4. The predicted octanol–water partition coefficient (Wildman–Crippen LogP) is 4.72. The Morgan fingerprint density at radius 3 is 2.28 bits per heavy atom. The Hall–Kier alpha value is -3.91. The van der Waals surface area contributed by atoms with Crippen molar-refractivity contribution in [2.24, 2.45) is 5.92 Å². The fraction of sp³-hybridized carbons (Fsp3) is 0.222. The maximum atomic E-state index is 13.4. The van der Waals surface area contributed by atoms with Gasteiger partial charge in [-0.1, -0.05) is 56.3 Å². The zero-order valence-electron chi connectivity index (χ0n) is 18.4. The minimum atomic E-state index is -0.167. The number of nitriles is 1. The minimum absolute atomic E-state index is 0.0381. The summed E-state index contributed by atoms with van der Waals surface area (Å²) in [7, 11) is 0. The lowest BCUT2D eigenvalue weighted by atomic mass is 10.1. The molecule has 3 aromatic carbocycles. The molecule has 0 saturated heterocycles. The summed E-state index contributed by atoms with van der Waals surface area (Å²) >= 11 is 0. The highest BCUT2D eigenvalue weighted by Crippen LogP contribution is 2.22. The van der Waals surface area contributed by atoms with Crippen LogP contribution in [0.15, 0.2) is 78.9 Å². The highest BCUT2D eigenvalue weighted by molar-refractivity contribution is 6.06. The van der Waals surface area contributed by atoms with E-state index in [0.717, 1.165) is 16.8 Å². The molecule has 5 heteroatoms. The molecule has 0 spiro atoms. The fourth-order valence-corrected chi connectivity index (χ4v) is 3.29. The molecule has 0 fully saturated rings. The van der Waals surface area contributed by atoms with Gasteiger partial charge < -0.3 is 10.2 Å². The first-order valence-electron chi connectivity index (χ1n) is 10.7. The zero-order valence-corrected chi connectivity index (χ0v) is 18.4. The standard InChI is InChI=1S/C27H27N3O2/c1-20(2)18-29-26(31)16-23-9-6-10-25(15-23)30(19-22-7-4-3-5-8-22)27(32)24-13-11-21(17-28)12-14-24/h3-15,20H,16,18-19H2,1-2H3,(H,29,31). The molecule has 0 aliphatic heterocycles. The van der Waals surface area contributed by atoms with Crippen molar-refractivity contribution in [3.8, 4) is 6.07 Å². The van der Waals surface area contributed by atoms with Crippen LogP contribution in [0.25, 0.3) is 0 Å². The molecule has 0 atom stereocenters. The molecule has 2 amide bonds. The van der Waals surface area contributed by atoms with Crippen LogP contribution in [-0.4, -0.2) is 18.4 Å². The van der Waals surface area contributed by atoms with E-state index >= 15 is 0 Å². The van der Waals surface area contributed by atoms with Gasteiger partial charge in [-0.15, -0.1) is 0 Å². The second-order valence-electron chi connectivity index (χ2n) is 8.11. The summed E-state index contributed by atoms with van der Waals surface area (Å²) in [6, 6.07) is 26.0. The Balaban J connectivity index is 1.88. The van der Waals surface area contributed by atoms with Crippen molar-refractivity contribution in [3.05, 3.63) is 101 Å². The molecule has 0 unspecified atom stereocenters. The molecule has 0 heterocycles. The summed E-state index contributed by atoms with van der Waals surface area (Å²) in [5.74, 6) is 0.181. The molecule has 1 N–H and O–H groups in total. The Bertz CT molecular complexity index is 1100. The molecule has 3 rings (SSSR count). The average molecular weight is 426 g/mol. The number of carbonyl (C=O) groups excluding carboxylic acids is 2. The van der Waals surface area contributed by atoms with E-state index in [4.69, 9.17) is 5.26 Å². The zero-order chi connectivity index (χ0) is 22.9. The van der Waals surface area contributed by atoms with Gasteiger partial charge in [-0.2, -0.15) is 5.26 Å². The lowest BCUT2D eigenvalue weighted by Crippen LogP contribution is -2.31. The monoisotopic (exact) mass is 425 g/mol. The van der Waals surface area contributed by atoms with Crippen LogP contribution in [-0.2, 0) is 17.8 Å². The largest absolute Gasteiger partial charge is 0.356 e. The summed E-state index contributed by atoms with van der Waals surface area (Å²) in [5.41, 5.74) is 3.56. The normalized spacial score (nSPS) is 10.4. The van der Waals surface area contributed by atoms with Crippen molar-refractivity contribution in [1.82, 2.24) is 5.32 Å². The summed E-state index contributed by atoms with van der Waals surface area (Å²) in [4.78, 5) is 27.4. The quantitative estimate of drug-likeness (QED) is 0.568. The van der Waals surface area contributed by atoms with Crippen molar-refractivity contribution >= 4 is 17.5 Å². The molecule has 32 heavy (non-hydrogen) atoms. The Labute approximate surface area is 189 Å². The van der Waals surface area contributed by atoms with E-state index in [-0.39, 0.29) is 18.2 Å². The highest BCUT2D eigenvalue weighted by Gasteiger charge is 2.19. The van der Waals surface area contributed by atoms with Gasteiger partial charge in [0.2, 0.25) is 5.91 Å². The van der Waals surface area contributed by atoms with Gasteiger partial charge in [0.15, 0.2) is 0 Å². The first-order chi connectivity index (χ1) is 15.5. The van der Waals surface area contributed by atoms with Gasteiger partial charge in [0.25, 0.3) is 5.91 Å². The highest BCUT2D eigenvalue weighted by atomic mass is 16.2. The third-order valence-electron chi connectivity index (χ3n) is 4.98. The maximum Gasteiger partial charge on any atom is 0.258 e. The summed E-state index contributed by atoms with van der Waals surface area (Å²) in [6.07, 6.45) is 0.255. The predicted molar refractivity (Wildman–Crippen MR) is 126 cm³/mol. The number of amides is 2. The molecular weight excluding hydrogens is 398 g/mol. The molecule has 5 nitrogen and oxygen atoms in total. The number of nitrogens with zero attached hydrogens (tertiary/aromatic N) is 2. The number of hydrogen-bond acceptors (Lipinski definition) is 3. The van der Waals surface area contributed by atoms with Gasteiger partial charge in [0, 0.05) is 17.8 Å². The summed E-state index contributed by atoms with van der Waals surface area (Å²) in [6.45, 7) is 5.13. The van der Waals surface area contributed by atoms with E-state index in [0.29, 0.717) is 30.1 Å². The van der Waals surface area contributed by atoms with Gasteiger partial charge in [-0.05, 0) is 53.4 Å². The second kappa shape index (κ2) is 10.9. The average Bonchev–Trinajstić information content (AvgIpc) is 2.81. The number of hydrogen-bond donors (Lipinski definition) is 1. The molecule has 0 saturated carbocycles. The number of rotatable bonds is 8. The van der Waals surface area contributed by atoms with E-state index in [1.807, 2.05) is 54.6 Å². The van der Waals surface area contributed by atoms with Gasteiger partial charge in [-0.3, -0.25) is 9.59 Å². The SMILES string of the molecule is CC(C)CNC(=O)Cc1cccc(N(Cc2ccccc2)C(=O)c2ccc(C#N)cc2)c1. The first kappa shape index (κ1) is 22.8. The van der Waals surface area contributed by atoms with Crippen molar-refractivity contribution in [2.75, 3.05) is 11.4 Å². The molecule has 0 aliphatic carbocycles. The number of nitrogens with one attached hydrogen (secondary N) is 1. The van der Waals surface area contributed by atoms with Crippen LogP contribution < -0.4 is 10.2 Å². The molecule has 3 aromatic rings. The van der Waals surface area contributed by atoms with E-state index in [1.54, 1.807) is 29.2 Å².